The van der Waals surface area contributed by atoms with Crippen LogP contribution in [0.25, 0.3) is 0 Å². The summed E-state index contributed by atoms with van der Waals surface area (Å²) in [5.74, 6) is -0.313. The van der Waals surface area contributed by atoms with Crippen molar-refractivity contribution < 1.29 is 19.1 Å². The van der Waals surface area contributed by atoms with Gasteiger partial charge in [-0.3, -0.25) is 0 Å². The standard InChI is InChI=1S/C20H22N4O3S/c25-17(26)13-27-20-3-8-24(9-4-20,10-5-20)12-14-1-2-16-15(11-14)23-18-19(28-16)22-7-6-21-18/h1-2,6-7,11H,3-5,8-10,12-13H2,(H-,21,23,25,26). The van der Waals surface area contributed by atoms with Gasteiger partial charge in [0.2, 0.25) is 0 Å². The summed E-state index contributed by atoms with van der Waals surface area (Å²) in [7, 11) is 0. The number of nitrogens with zero attached hydrogens (tertiary/aromatic N) is 3. The van der Waals surface area contributed by atoms with Crippen LogP contribution in [0.2, 0.25) is 0 Å². The van der Waals surface area contributed by atoms with Crippen LogP contribution in [0, 0.1) is 0 Å². The normalized spacial score (nSPS) is 27.6. The maximum Gasteiger partial charge on any atom is 0.163 e. The molecule has 0 saturated carbocycles. The number of carbonyl (C=O) groups excluding carboxylic acids is 1. The van der Waals surface area contributed by atoms with Gasteiger partial charge in [0.25, 0.3) is 0 Å². The van der Waals surface area contributed by atoms with Gasteiger partial charge in [-0.1, -0.05) is 17.8 Å². The number of rotatable bonds is 5. The third-order valence-corrected chi connectivity index (χ3v) is 7.38. The number of hydrogen-bond acceptors (Lipinski definition) is 7. The topological polar surface area (TPSA) is 87.2 Å². The molecule has 2 aromatic rings. The highest BCUT2D eigenvalue weighted by Gasteiger charge is 2.49. The summed E-state index contributed by atoms with van der Waals surface area (Å²) in [5.41, 5.74) is 2.15. The molecule has 4 aliphatic heterocycles. The molecule has 1 N–H and O–H groups in total. The van der Waals surface area contributed by atoms with Crippen molar-refractivity contribution in [1.29, 1.82) is 0 Å². The molecule has 1 aromatic carbocycles. The molecule has 1 aromatic heterocycles. The Labute approximate surface area is 167 Å². The summed E-state index contributed by atoms with van der Waals surface area (Å²) in [4.78, 5) is 20.7. The Balaban J connectivity index is 1.29. The van der Waals surface area contributed by atoms with Crippen molar-refractivity contribution >= 4 is 29.2 Å². The Kier molecular flexibility index (Phi) is 4.30. The zero-order chi connectivity index (χ0) is 19.2. The molecule has 0 spiro atoms. The molecule has 146 valence electrons. The molecular weight excluding hydrogens is 376 g/mol. The van der Waals surface area contributed by atoms with E-state index in [9.17, 15) is 9.90 Å². The second kappa shape index (κ2) is 6.72. The molecule has 28 heavy (non-hydrogen) atoms. The van der Waals surface area contributed by atoms with Crippen molar-refractivity contribution in [1.82, 2.24) is 9.97 Å². The zero-order valence-corrected chi connectivity index (χ0v) is 16.3. The first-order valence-electron chi connectivity index (χ1n) is 9.63. The van der Waals surface area contributed by atoms with Crippen LogP contribution in [0.15, 0.2) is 40.5 Å². The van der Waals surface area contributed by atoms with Gasteiger partial charge in [-0.05, 0) is 12.1 Å². The maximum atomic E-state index is 10.8. The highest BCUT2D eigenvalue weighted by Crippen LogP contribution is 2.44. The van der Waals surface area contributed by atoms with Crippen molar-refractivity contribution in [2.45, 2.75) is 41.3 Å². The predicted octanol–water partition coefficient (Wildman–Crippen LogP) is 1.70. The molecule has 3 fully saturated rings. The number of nitrogens with one attached hydrogen (secondary N) is 1. The average Bonchev–Trinajstić information content (AvgIpc) is 2.72. The van der Waals surface area contributed by atoms with Gasteiger partial charge in [0, 0.05) is 42.1 Å². The van der Waals surface area contributed by atoms with E-state index in [1.165, 1.54) is 10.5 Å². The fraction of sp³-hybridized carbons (Fsp3) is 0.450. The molecule has 0 aliphatic carbocycles. The largest absolute Gasteiger partial charge is 0.548 e. The van der Waals surface area contributed by atoms with Crippen molar-refractivity contribution in [3.05, 3.63) is 36.2 Å². The molecule has 3 saturated heterocycles. The van der Waals surface area contributed by atoms with E-state index in [0.717, 1.165) is 66.5 Å². The lowest BCUT2D eigenvalue weighted by atomic mass is 9.80. The van der Waals surface area contributed by atoms with E-state index in [2.05, 4.69) is 33.5 Å². The van der Waals surface area contributed by atoms with Crippen molar-refractivity contribution in [2.75, 3.05) is 31.6 Å². The van der Waals surface area contributed by atoms with Crippen LogP contribution in [0.5, 0.6) is 0 Å². The van der Waals surface area contributed by atoms with Crippen LogP contribution in [-0.2, 0) is 16.1 Å². The van der Waals surface area contributed by atoms with Crippen LogP contribution in [0.1, 0.15) is 24.8 Å². The summed E-state index contributed by atoms with van der Waals surface area (Å²) in [6.07, 6.45) is 6.18. The lowest BCUT2D eigenvalue weighted by Gasteiger charge is -2.54. The molecule has 0 amide bonds. The number of aromatic nitrogens is 2. The Morgan fingerprint density at radius 1 is 1.21 bits per heavy atom. The number of carboxylic acids is 1. The minimum absolute atomic E-state index is 0.253. The molecule has 0 atom stereocenters. The van der Waals surface area contributed by atoms with E-state index in [0.29, 0.717) is 0 Å². The molecule has 8 heteroatoms. The number of hydrogen-bond donors (Lipinski definition) is 1. The molecular formula is C20H22N4O3S. The lowest BCUT2D eigenvalue weighted by molar-refractivity contribution is -0.957. The van der Waals surface area contributed by atoms with E-state index in [4.69, 9.17) is 4.74 Å². The molecule has 2 bridgehead atoms. The molecule has 0 radical (unpaired) electrons. The third kappa shape index (κ3) is 3.25. The smallest absolute Gasteiger partial charge is 0.163 e. The second-order valence-corrected chi connectivity index (χ2v) is 9.06. The lowest BCUT2D eigenvalue weighted by Crippen LogP contribution is -2.64. The summed E-state index contributed by atoms with van der Waals surface area (Å²) >= 11 is 1.65. The monoisotopic (exact) mass is 398 g/mol. The Bertz CT molecular complexity index is 911. The van der Waals surface area contributed by atoms with Crippen LogP contribution in [-0.4, -0.2) is 52.3 Å². The van der Waals surface area contributed by atoms with Gasteiger partial charge < -0.3 is 24.4 Å². The minimum atomic E-state index is -1.13. The number of aliphatic carboxylic acids is 1. The Hall–Kier alpha value is -2.16. The maximum absolute atomic E-state index is 10.8. The van der Waals surface area contributed by atoms with Crippen LogP contribution < -0.4 is 10.4 Å². The Morgan fingerprint density at radius 2 is 1.96 bits per heavy atom. The SMILES string of the molecule is O=C([O-])COC12CC[N+](Cc3ccc4c(c3)Nc3nccnc3S4)(CC1)CC2. The molecule has 4 aliphatic rings. The van der Waals surface area contributed by atoms with Crippen molar-refractivity contribution in [3.63, 3.8) is 0 Å². The zero-order valence-electron chi connectivity index (χ0n) is 15.5. The van der Waals surface area contributed by atoms with Crippen LogP contribution in [0.3, 0.4) is 0 Å². The van der Waals surface area contributed by atoms with Gasteiger partial charge in [-0.25, -0.2) is 9.97 Å². The van der Waals surface area contributed by atoms with Crippen LogP contribution in [0.4, 0.5) is 11.5 Å². The highest BCUT2D eigenvalue weighted by atomic mass is 32.2. The third-order valence-electron chi connectivity index (χ3n) is 6.31. The number of quaternary nitrogens is 1. The van der Waals surface area contributed by atoms with E-state index in [-0.39, 0.29) is 12.2 Å². The number of benzene rings is 1. The van der Waals surface area contributed by atoms with Gasteiger partial charge in [0.15, 0.2) is 5.82 Å². The van der Waals surface area contributed by atoms with Crippen molar-refractivity contribution in [2.24, 2.45) is 0 Å². The fourth-order valence-electron chi connectivity index (χ4n) is 4.67. The summed E-state index contributed by atoms with van der Waals surface area (Å²) < 4.78 is 6.78. The van der Waals surface area contributed by atoms with E-state index in [1.807, 2.05) is 0 Å². The van der Waals surface area contributed by atoms with Crippen LogP contribution >= 0.6 is 11.8 Å². The summed E-state index contributed by atoms with van der Waals surface area (Å²) in [6, 6.07) is 6.61. The first-order valence-corrected chi connectivity index (χ1v) is 10.4. The second-order valence-electron chi connectivity index (χ2n) is 8.03. The van der Waals surface area contributed by atoms with Gasteiger partial charge in [0.05, 0.1) is 43.5 Å². The van der Waals surface area contributed by atoms with Crippen molar-refractivity contribution in [3.8, 4) is 0 Å². The quantitative estimate of drug-likeness (QED) is 0.655. The number of piperidine rings is 3. The van der Waals surface area contributed by atoms with Gasteiger partial charge >= 0.3 is 0 Å². The average molecular weight is 398 g/mol. The molecule has 0 unspecified atom stereocenters. The van der Waals surface area contributed by atoms with E-state index >= 15 is 0 Å². The molecule has 6 rings (SSSR count). The molecule has 5 heterocycles. The highest BCUT2D eigenvalue weighted by molar-refractivity contribution is 7.99. The van der Waals surface area contributed by atoms with Gasteiger partial charge in [-0.2, -0.15) is 0 Å². The summed E-state index contributed by atoms with van der Waals surface area (Å²) in [5, 5.41) is 15.1. The van der Waals surface area contributed by atoms with Gasteiger partial charge in [-0.15, -0.1) is 0 Å². The number of anilines is 2. The number of carboxylic acid groups (broad SMARTS) is 1. The number of fused-ring (bicyclic) bond motifs is 5. The minimum Gasteiger partial charge on any atom is -0.548 e. The summed E-state index contributed by atoms with van der Waals surface area (Å²) in [6.45, 7) is 3.78. The number of ether oxygens (including phenoxy) is 1. The fourth-order valence-corrected chi connectivity index (χ4v) is 5.54. The predicted molar refractivity (Wildman–Crippen MR) is 102 cm³/mol. The number of carbonyl (C=O) groups is 1. The Morgan fingerprint density at radius 3 is 2.71 bits per heavy atom. The molecule has 7 nitrogen and oxygen atoms in total. The first-order chi connectivity index (χ1) is 13.5. The first kappa shape index (κ1) is 17.9. The van der Waals surface area contributed by atoms with E-state index in [1.54, 1.807) is 24.2 Å². The van der Waals surface area contributed by atoms with E-state index < -0.39 is 5.97 Å². The van der Waals surface area contributed by atoms with Gasteiger partial charge in [0.1, 0.15) is 11.6 Å².